The highest BCUT2D eigenvalue weighted by atomic mass is 16.6. The Morgan fingerprint density at radius 3 is 1.84 bits per heavy atom. The molecule has 0 fully saturated rings. The summed E-state index contributed by atoms with van der Waals surface area (Å²) in [6, 6.07) is 0. The molecule has 184 valence electrons. The molecule has 1 aliphatic rings. The lowest BCUT2D eigenvalue weighted by molar-refractivity contribution is -0.169. The van der Waals surface area contributed by atoms with E-state index in [1.54, 1.807) is 0 Å². The van der Waals surface area contributed by atoms with E-state index in [4.69, 9.17) is 14.2 Å². The van der Waals surface area contributed by atoms with Gasteiger partial charge in [0.25, 0.3) is 0 Å². The molecule has 8 heteroatoms. The number of cyclic esters (lactones) is 1. The first-order valence-electron chi connectivity index (χ1n) is 12.0. The number of hydrogen-bond donors (Lipinski definition) is 2. The molecule has 2 atom stereocenters. The van der Waals surface area contributed by atoms with Gasteiger partial charge in [0.1, 0.15) is 6.61 Å². The maximum atomic E-state index is 12.0. The van der Waals surface area contributed by atoms with Crippen molar-refractivity contribution >= 4 is 17.9 Å². The first-order chi connectivity index (χ1) is 15.4. The van der Waals surface area contributed by atoms with E-state index in [-0.39, 0.29) is 13.0 Å². The average Bonchev–Trinajstić information content (AvgIpc) is 3.01. The molecule has 0 aromatic rings. The molecule has 8 nitrogen and oxygen atoms in total. The average molecular weight is 457 g/mol. The summed E-state index contributed by atoms with van der Waals surface area (Å²) < 4.78 is 14.9. The zero-order valence-electron chi connectivity index (χ0n) is 19.6. The minimum atomic E-state index is -1.39. The van der Waals surface area contributed by atoms with Crippen LogP contribution in [0.15, 0.2) is 11.5 Å². The van der Waals surface area contributed by atoms with Crippen LogP contribution in [0.4, 0.5) is 0 Å². The number of rotatable bonds is 18. The number of aliphatic hydroxyl groups excluding tert-OH is 2. The topological polar surface area (TPSA) is 119 Å². The predicted octanol–water partition coefficient (Wildman–Crippen LogP) is 5.20. The molecule has 0 aliphatic carbocycles. The van der Waals surface area contributed by atoms with E-state index in [2.05, 4.69) is 6.92 Å². The lowest BCUT2D eigenvalue weighted by Gasteiger charge is -2.21. The molecule has 0 aromatic heterocycles. The molecule has 1 aliphatic heterocycles. The highest BCUT2D eigenvalue weighted by Crippen LogP contribution is 2.23. The van der Waals surface area contributed by atoms with Crippen molar-refractivity contribution in [2.45, 2.75) is 116 Å². The molecule has 0 amide bonds. The van der Waals surface area contributed by atoms with Crippen LogP contribution in [-0.4, -0.2) is 46.9 Å². The lowest BCUT2D eigenvalue weighted by atomic mass is 10.0. The molecule has 32 heavy (non-hydrogen) atoms. The molecular weight excluding hydrogens is 416 g/mol. The van der Waals surface area contributed by atoms with Crippen molar-refractivity contribution in [3.8, 4) is 0 Å². The smallest absolute Gasteiger partial charge is 0.378 e. The van der Waals surface area contributed by atoms with Gasteiger partial charge in [-0.3, -0.25) is 9.59 Å². The number of unbranched alkanes of at least 4 members (excludes halogenated alkanes) is 12. The SMILES string of the molecule is CCCCCCCCCCCCCCCC(=O)OC[C@H](OC(C)=O)[C@H]1OC(=O)C(O)=C1O. The lowest BCUT2D eigenvalue weighted by Crippen LogP contribution is -2.37. The second-order valence-electron chi connectivity index (χ2n) is 8.38. The molecule has 0 radical (unpaired) electrons. The highest BCUT2D eigenvalue weighted by molar-refractivity contribution is 5.89. The normalized spacial score (nSPS) is 16.7. The third-order valence-electron chi connectivity index (χ3n) is 5.49. The fraction of sp³-hybridized carbons (Fsp3) is 0.792. The van der Waals surface area contributed by atoms with Gasteiger partial charge in [0.2, 0.25) is 11.9 Å². The number of carbonyl (C=O) groups is 3. The first-order valence-corrected chi connectivity index (χ1v) is 12.0. The summed E-state index contributed by atoms with van der Waals surface area (Å²) in [5, 5.41) is 19.2. The molecule has 0 bridgehead atoms. The van der Waals surface area contributed by atoms with Crippen molar-refractivity contribution in [1.29, 1.82) is 0 Å². The summed E-state index contributed by atoms with van der Waals surface area (Å²) in [5.41, 5.74) is 0. The maximum Gasteiger partial charge on any atom is 0.378 e. The zero-order chi connectivity index (χ0) is 23.8. The Morgan fingerprint density at radius 1 is 0.906 bits per heavy atom. The van der Waals surface area contributed by atoms with E-state index >= 15 is 0 Å². The van der Waals surface area contributed by atoms with E-state index in [1.165, 1.54) is 64.2 Å². The van der Waals surface area contributed by atoms with Crippen LogP contribution in [0.25, 0.3) is 0 Å². The third-order valence-corrected chi connectivity index (χ3v) is 5.49. The largest absolute Gasteiger partial charge is 0.505 e. The monoisotopic (exact) mass is 456 g/mol. The van der Waals surface area contributed by atoms with Crippen LogP contribution in [0.2, 0.25) is 0 Å². The number of ether oxygens (including phenoxy) is 3. The van der Waals surface area contributed by atoms with Crippen LogP contribution < -0.4 is 0 Å². The summed E-state index contributed by atoms with van der Waals surface area (Å²) in [6.07, 6.45) is 13.4. The van der Waals surface area contributed by atoms with Crippen LogP contribution in [0.3, 0.4) is 0 Å². The van der Waals surface area contributed by atoms with Gasteiger partial charge in [0, 0.05) is 13.3 Å². The number of esters is 3. The Morgan fingerprint density at radius 2 is 1.41 bits per heavy atom. The minimum Gasteiger partial charge on any atom is -0.505 e. The summed E-state index contributed by atoms with van der Waals surface area (Å²) in [7, 11) is 0. The quantitative estimate of drug-likeness (QED) is 0.164. The van der Waals surface area contributed by atoms with Gasteiger partial charge in [-0.05, 0) is 6.42 Å². The number of carbonyl (C=O) groups excluding carboxylic acids is 3. The van der Waals surface area contributed by atoms with Gasteiger partial charge in [0.15, 0.2) is 11.9 Å². The first kappa shape index (κ1) is 27.8. The van der Waals surface area contributed by atoms with Gasteiger partial charge in [-0.25, -0.2) is 4.79 Å². The predicted molar refractivity (Wildman–Crippen MR) is 119 cm³/mol. The number of aliphatic hydroxyl groups is 2. The Bertz CT molecular complexity index is 613. The summed E-state index contributed by atoms with van der Waals surface area (Å²) in [6.45, 7) is 2.99. The fourth-order valence-electron chi connectivity index (χ4n) is 3.65. The summed E-state index contributed by atoms with van der Waals surface area (Å²) >= 11 is 0. The second-order valence-corrected chi connectivity index (χ2v) is 8.38. The van der Waals surface area contributed by atoms with E-state index in [0.717, 1.165) is 19.8 Å². The van der Waals surface area contributed by atoms with Crippen molar-refractivity contribution in [2.24, 2.45) is 0 Å². The minimum absolute atomic E-state index is 0.238. The van der Waals surface area contributed by atoms with Crippen molar-refractivity contribution in [3.63, 3.8) is 0 Å². The summed E-state index contributed by atoms with van der Waals surface area (Å²) in [5.74, 6) is -3.96. The van der Waals surface area contributed by atoms with Crippen molar-refractivity contribution in [2.75, 3.05) is 6.61 Å². The standard InChI is InChI=1S/C24H40O8/c1-3-4-5-6-7-8-9-10-11-12-13-14-15-16-20(26)30-17-19(31-18(2)25)23-21(27)22(28)24(29)32-23/h19,23,27-28H,3-17H2,1-2H3/t19-,23+/m0/s1. The third kappa shape index (κ3) is 11.4. The zero-order valence-corrected chi connectivity index (χ0v) is 19.6. The molecule has 0 saturated carbocycles. The highest BCUT2D eigenvalue weighted by Gasteiger charge is 2.42. The molecule has 0 aromatic carbocycles. The Balaban J connectivity index is 2.10. The van der Waals surface area contributed by atoms with Crippen LogP contribution in [-0.2, 0) is 28.6 Å². The molecule has 0 spiro atoms. The van der Waals surface area contributed by atoms with Gasteiger partial charge >= 0.3 is 17.9 Å². The Labute approximate surface area is 191 Å². The van der Waals surface area contributed by atoms with E-state index in [1.807, 2.05) is 0 Å². The Hall–Kier alpha value is -2.25. The molecular formula is C24H40O8. The van der Waals surface area contributed by atoms with E-state index in [0.29, 0.717) is 6.42 Å². The van der Waals surface area contributed by atoms with Crippen LogP contribution in [0.1, 0.15) is 104 Å². The van der Waals surface area contributed by atoms with Gasteiger partial charge < -0.3 is 24.4 Å². The Kier molecular flexibility index (Phi) is 14.2. The van der Waals surface area contributed by atoms with Gasteiger partial charge in [-0.15, -0.1) is 0 Å². The van der Waals surface area contributed by atoms with Crippen LogP contribution in [0.5, 0.6) is 0 Å². The molecule has 1 heterocycles. The van der Waals surface area contributed by atoms with Gasteiger partial charge in [-0.2, -0.15) is 0 Å². The molecule has 2 N–H and O–H groups in total. The van der Waals surface area contributed by atoms with Crippen molar-refractivity contribution in [3.05, 3.63) is 11.5 Å². The second kappa shape index (κ2) is 16.4. The summed E-state index contributed by atoms with van der Waals surface area (Å²) in [4.78, 5) is 34.6. The molecule has 1 rings (SSSR count). The van der Waals surface area contributed by atoms with E-state index in [9.17, 15) is 24.6 Å². The molecule has 0 saturated heterocycles. The maximum absolute atomic E-state index is 12.0. The number of hydrogen-bond acceptors (Lipinski definition) is 8. The molecule has 0 unspecified atom stereocenters. The van der Waals surface area contributed by atoms with Gasteiger partial charge in [-0.1, -0.05) is 84.0 Å². The van der Waals surface area contributed by atoms with Crippen molar-refractivity contribution in [1.82, 2.24) is 0 Å². The van der Waals surface area contributed by atoms with E-state index < -0.39 is 41.6 Å². The van der Waals surface area contributed by atoms with Crippen molar-refractivity contribution < 1.29 is 38.8 Å². The fourth-order valence-corrected chi connectivity index (χ4v) is 3.65. The van der Waals surface area contributed by atoms with Crippen LogP contribution in [0, 0.1) is 0 Å². The van der Waals surface area contributed by atoms with Crippen LogP contribution >= 0.6 is 0 Å². The van der Waals surface area contributed by atoms with Gasteiger partial charge in [0.05, 0.1) is 0 Å².